The van der Waals surface area contributed by atoms with E-state index in [2.05, 4.69) is 45.4 Å². The number of carbonyl (C=O) groups excluding carboxylic acids is 7. The van der Waals surface area contributed by atoms with Crippen molar-refractivity contribution in [2.45, 2.75) is 155 Å². The second kappa shape index (κ2) is 31.9. The smallest absolute Gasteiger partial charge is 0.410 e. The third-order valence-electron chi connectivity index (χ3n) is 20.2. The first-order valence-corrected chi connectivity index (χ1v) is 37.9. The maximum atomic E-state index is 14.0. The number of aliphatic hydroxyl groups excluding tert-OH is 1. The molecule has 0 saturated heterocycles. The van der Waals surface area contributed by atoms with Gasteiger partial charge >= 0.3 is 25.7 Å². The van der Waals surface area contributed by atoms with Gasteiger partial charge in [-0.05, 0) is 171 Å². The zero-order chi connectivity index (χ0) is 74.3. The minimum atomic E-state index is -4.42. The van der Waals surface area contributed by atoms with Crippen molar-refractivity contribution in [1.82, 2.24) is 45.5 Å². The molecule has 552 valence electrons. The van der Waals surface area contributed by atoms with Crippen molar-refractivity contribution in [3.05, 3.63) is 138 Å². The maximum Gasteiger partial charge on any atom is 0.410 e. The monoisotopic (exact) mass is 1460 g/mol. The molecule has 7 aromatic rings. The standard InChI is InChI=1S/C75H91N12O15PS/c1-46(2)63(83-60(88)19-7-6-10-32-86-61(89)28-29-62(86)90)67(93)81-58(17-12-30-77-69(76)96)66(92)79-51-24-20-48(21-25-51)38-101-71(97)85(31-13-35-103(98,99)100)33-34-102-75-42-72(4)39-73(5,43-75)41-74(40-72,44-75)45-87-47(3)55(37-78-87)52-26-27-56(80-64(52)68(94)95)50-23-22-49-14-11-15-53(54(49)36-50)65(91)84-70-82-57-16-8-9-18-59(57)104-70/h8-9,11,14-16,18,20-29,36-37,46,58,61,63,89H,6-7,10,12-13,17,19,30-35,38-45H2,1-5H3,(H,79,92)(H,81,93)(H,83,88)(H,94,95)(H3,76,77,96)(H,82,84,91)(H2,98,99,100)/t58-,61?,63-,72?,73?,74?,75?/m0/s1. The Morgan fingerprint density at radius 3 is 2.28 bits per heavy atom. The quantitative estimate of drug-likeness (QED) is 0.0135. The minimum Gasteiger partial charge on any atom is -0.476 e. The predicted octanol–water partition coefficient (Wildman–Crippen LogP) is 10.3. The van der Waals surface area contributed by atoms with Crippen LogP contribution in [0.1, 0.15) is 143 Å². The highest BCUT2D eigenvalue weighted by molar-refractivity contribution is 7.51. The summed E-state index contributed by atoms with van der Waals surface area (Å²) in [5, 5.41) is 41.4. The number of hydrogen-bond acceptors (Lipinski definition) is 16. The fourth-order valence-electron chi connectivity index (χ4n) is 16.7. The lowest BCUT2D eigenvalue weighted by Crippen LogP contribution is -2.64. The first-order chi connectivity index (χ1) is 49.5. The van der Waals surface area contributed by atoms with Crippen molar-refractivity contribution in [3.63, 3.8) is 0 Å². The lowest BCUT2D eigenvalue weighted by atomic mass is 9.39. The van der Waals surface area contributed by atoms with Crippen LogP contribution in [-0.4, -0.2) is 160 Å². The number of pyridine rings is 1. The predicted molar refractivity (Wildman–Crippen MR) is 392 cm³/mol. The molecule has 3 unspecified atom stereocenters. The number of nitrogens with two attached hydrogens (primary N) is 1. The number of hydrogen-bond donors (Lipinski definition) is 10. The largest absolute Gasteiger partial charge is 0.476 e. The number of aromatic carboxylic acids is 1. The molecular weight excluding hydrogens is 1370 g/mol. The molecule has 27 nitrogen and oxygen atoms in total. The van der Waals surface area contributed by atoms with E-state index < -0.39 is 67.6 Å². The summed E-state index contributed by atoms with van der Waals surface area (Å²) in [7, 11) is -4.42. The van der Waals surface area contributed by atoms with Crippen molar-refractivity contribution < 1.29 is 72.4 Å². The molecule has 4 bridgehead atoms. The Morgan fingerprint density at radius 2 is 1.58 bits per heavy atom. The van der Waals surface area contributed by atoms with Crippen LogP contribution in [-0.2, 0) is 46.4 Å². The van der Waals surface area contributed by atoms with Crippen LogP contribution in [0.2, 0.25) is 0 Å². The van der Waals surface area contributed by atoms with E-state index in [0.29, 0.717) is 88.5 Å². The van der Waals surface area contributed by atoms with E-state index in [4.69, 9.17) is 25.3 Å². The molecular formula is C75H91N12O15PS. The van der Waals surface area contributed by atoms with Gasteiger partial charge in [-0.2, -0.15) is 5.10 Å². The van der Waals surface area contributed by atoms with Crippen LogP contribution in [0.25, 0.3) is 43.4 Å². The number of nitrogens with zero attached hydrogens (tertiary/aromatic N) is 6. The summed E-state index contributed by atoms with van der Waals surface area (Å²) in [4.78, 5) is 137. The highest BCUT2D eigenvalue weighted by Crippen LogP contribution is 2.72. The van der Waals surface area contributed by atoms with E-state index in [1.54, 1.807) is 62.5 Å². The van der Waals surface area contributed by atoms with E-state index >= 15 is 0 Å². The Morgan fingerprint density at radius 1 is 0.817 bits per heavy atom. The van der Waals surface area contributed by atoms with E-state index in [9.17, 15) is 62.9 Å². The number of carbonyl (C=O) groups is 8. The molecule has 104 heavy (non-hydrogen) atoms. The number of unbranched alkanes of at least 4 members (excludes halogenated alkanes) is 2. The third-order valence-corrected chi connectivity index (χ3v) is 22.1. The number of fused-ring (bicyclic) bond motifs is 2. The van der Waals surface area contributed by atoms with Crippen LogP contribution >= 0.6 is 18.9 Å². The molecule has 4 saturated carbocycles. The molecule has 0 spiro atoms. The van der Waals surface area contributed by atoms with Crippen molar-refractivity contribution >= 4 is 98.4 Å². The number of anilines is 2. The van der Waals surface area contributed by atoms with Crippen molar-refractivity contribution in [3.8, 4) is 22.4 Å². The van der Waals surface area contributed by atoms with Gasteiger partial charge in [0.15, 0.2) is 10.8 Å². The Hall–Kier alpha value is -9.44. The number of carboxylic acids is 1. The third kappa shape index (κ3) is 18.5. The molecule has 5 aliphatic rings. The SMILES string of the molecule is Cc1c(-c2ccc(-c3ccc4cccc(C(=O)Nc5nc6ccccc6s5)c4c3)nc2C(=O)O)cnn1CC12CC3(C)CC(C)(C1)CC(OCCN(CCCP(=O)(O)O)C(=O)OCc1ccc(NC(=O)[C@H](CCCNC(N)=O)NC(=O)[C@@H](NC(=O)CCCCCN4C(=O)C=CC4O)C(C)C)cc1)(C3)C2. The van der Waals surface area contributed by atoms with Gasteiger partial charge in [-0.15, -0.1) is 0 Å². The summed E-state index contributed by atoms with van der Waals surface area (Å²) in [5.74, 6) is -3.74. The molecule has 3 aromatic heterocycles. The van der Waals surface area contributed by atoms with Crippen LogP contribution in [0.5, 0.6) is 0 Å². The number of urea groups is 1. The molecule has 8 amide bonds. The van der Waals surface area contributed by atoms with Gasteiger partial charge in [0.1, 0.15) is 24.9 Å². The van der Waals surface area contributed by atoms with Crippen molar-refractivity contribution in [1.29, 1.82) is 0 Å². The van der Waals surface area contributed by atoms with Crippen LogP contribution in [0.15, 0.2) is 115 Å². The summed E-state index contributed by atoms with van der Waals surface area (Å²) in [6, 6.07) is 25.9. The van der Waals surface area contributed by atoms with Gasteiger partial charge in [-0.25, -0.2) is 24.4 Å². The maximum absolute atomic E-state index is 14.0. The molecule has 29 heteroatoms. The van der Waals surface area contributed by atoms with Gasteiger partial charge < -0.3 is 66.3 Å². The molecule has 5 atom stereocenters. The molecule has 0 radical (unpaired) electrons. The van der Waals surface area contributed by atoms with E-state index in [0.717, 1.165) is 53.4 Å². The van der Waals surface area contributed by atoms with Crippen molar-refractivity contribution in [2.75, 3.05) is 49.6 Å². The average molecular weight is 1460 g/mol. The topological polar surface area (TPSA) is 389 Å². The number of ether oxygens (including phenoxy) is 2. The number of amides is 8. The van der Waals surface area contributed by atoms with Crippen LogP contribution in [0, 0.1) is 29.1 Å². The summed E-state index contributed by atoms with van der Waals surface area (Å²) >= 11 is 1.38. The van der Waals surface area contributed by atoms with Gasteiger partial charge in [0, 0.05) is 78.9 Å². The summed E-state index contributed by atoms with van der Waals surface area (Å²) in [6.07, 6.45) is 9.45. The van der Waals surface area contributed by atoms with Crippen LogP contribution in [0.4, 0.5) is 20.4 Å². The Kier molecular flexibility index (Phi) is 23.2. The summed E-state index contributed by atoms with van der Waals surface area (Å²) < 4.78 is 27.8. The van der Waals surface area contributed by atoms with Crippen LogP contribution in [0.3, 0.4) is 0 Å². The second-order valence-electron chi connectivity index (χ2n) is 29.5. The highest BCUT2D eigenvalue weighted by atomic mass is 32.1. The fourth-order valence-corrected chi connectivity index (χ4v) is 18.1. The molecule has 4 aromatic carbocycles. The lowest BCUT2D eigenvalue weighted by molar-refractivity contribution is -0.248. The molecule has 11 N–H and O–H groups in total. The normalized spacial score (nSPS) is 20.9. The number of rotatable bonds is 33. The van der Waals surface area contributed by atoms with E-state index in [1.165, 1.54) is 33.3 Å². The van der Waals surface area contributed by atoms with Crippen LogP contribution < -0.4 is 32.3 Å². The summed E-state index contributed by atoms with van der Waals surface area (Å²) in [5.41, 5.74) is 9.05. The Labute approximate surface area is 606 Å². The number of benzene rings is 4. The Bertz CT molecular complexity index is 4430. The van der Waals surface area contributed by atoms with Gasteiger partial charge in [0.2, 0.25) is 23.6 Å². The number of nitrogens with one attached hydrogen (secondary N) is 5. The number of aromatic nitrogens is 4. The second-order valence-corrected chi connectivity index (χ2v) is 32.3. The number of carboxylic acid groups (broad SMARTS) is 1. The molecule has 4 heterocycles. The van der Waals surface area contributed by atoms with Gasteiger partial charge in [0.05, 0.1) is 40.5 Å². The first kappa shape index (κ1) is 75.7. The van der Waals surface area contributed by atoms with Gasteiger partial charge in [0.25, 0.3) is 5.91 Å². The highest BCUT2D eigenvalue weighted by Gasteiger charge is 2.66. The van der Waals surface area contributed by atoms with E-state index in [-0.39, 0.29) is 104 Å². The molecule has 4 aliphatic carbocycles. The number of aliphatic hydroxyl groups is 1. The van der Waals surface area contributed by atoms with Crippen molar-refractivity contribution in [2.24, 2.45) is 27.9 Å². The first-order valence-electron chi connectivity index (χ1n) is 35.2. The van der Waals surface area contributed by atoms with E-state index in [1.807, 2.05) is 66.2 Å². The number of para-hydroxylation sites is 1. The lowest BCUT2D eigenvalue weighted by Gasteiger charge is -2.69. The Balaban J connectivity index is 0.710. The minimum absolute atomic E-state index is 0.00972. The molecule has 1 aliphatic heterocycles. The summed E-state index contributed by atoms with van der Waals surface area (Å²) in [6.45, 7) is 11.0. The van der Waals surface area contributed by atoms with Gasteiger partial charge in [-0.3, -0.25) is 38.5 Å². The zero-order valence-corrected chi connectivity index (χ0v) is 60.7. The average Bonchev–Trinajstić information content (AvgIpc) is 0.716. The fraction of sp³-hybridized carbons (Fsp3) is 0.453. The van der Waals surface area contributed by atoms with Gasteiger partial charge in [-0.1, -0.05) is 94.0 Å². The number of primary amides is 1. The molecule has 4 fully saturated rings. The molecule has 12 rings (SSSR count). The zero-order valence-electron chi connectivity index (χ0n) is 59.0. The number of thiazole rings is 1.